The van der Waals surface area contributed by atoms with E-state index in [1.165, 1.54) is 0 Å². The highest BCUT2D eigenvalue weighted by Crippen LogP contribution is 2.44. The lowest BCUT2D eigenvalue weighted by Crippen LogP contribution is -2.05. The molecule has 3 aromatic heterocycles. The van der Waals surface area contributed by atoms with Crippen LogP contribution >= 0.6 is 0 Å². The van der Waals surface area contributed by atoms with Crippen LogP contribution in [0.25, 0.3) is 93.2 Å². The zero-order valence-corrected chi connectivity index (χ0v) is 29.8. The van der Waals surface area contributed by atoms with Crippen LogP contribution in [0.4, 0.5) is 5.69 Å². The van der Waals surface area contributed by atoms with Crippen molar-refractivity contribution in [3.63, 3.8) is 0 Å². The molecule has 0 saturated heterocycles. The Morgan fingerprint density at radius 3 is 1.41 bits per heavy atom. The van der Waals surface area contributed by atoms with Crippen LogP contribution < -0.4 is 0 Å². The lowest BCUT2D eigenvalue weighted by molar-refractivity contribution is 1.13. The molecule has 3 heterocycles. The zero-order chi connectivity index (χ0) is 37.8. The minimum atomic E-state index is 0.527. The summed E-state index contributed by atoms with van der Waals surface area (Å²) in [5.74, 6) is 0. The van der Waals surface area contributed by atoms with Gasteiger partial charge in [0, 0.05) is 39.5 Å². The van der Waals surface area contributed by atoms with Gasteiger partial charge in [0.15, 0.2) is 5.69 Å². The SMILES string of the molecule is [C-]#[N+]c1ccc(-c2ccc3c4ccccc4n(-c4cc(C#N)cc(-n5c6ccccc6c6ccc(-c7ccc(C#N)cc7)cc65)c4-c4ccncc4)c3c2)cc1. The summed E-state index contributed by atoms with van der Waals surface area (Å²) in [5.41, 5.74) is 13.5. The smallest absolute Gasteiger partial charge is 0.187 e. The van der Waals surface area contributed by atoms with Crippen LogP contribution in [0.5, 0.6) is 0 Å². The Kier molecular flexibility index (Phi) is 7.53. The van der Waals surface area contributed by atoms with E-state index >= 15 is 0 Å². The topological polar surface area (TPSA) is 74.7 Å². The van der Waals surface area contributed by atoms with E-state index in [-0.39, 0.29) is 0 Å². The zero-order valence-electron chi connectivity index (χ0n) is 29.8. The summed E-state index contributed by atoms with van der Waals surface area (Å²) in [6, 6.07) is 58.0. The van der Waals surface area contributed by atoms with Gasteiger partial charge in [0.2, 0.25) is 0 Å². The number of hydrogen-bond acceptors (Lipinski definition) is 3. The number of fused-ring (bicyclic) bond motifs is 6. The molecule has 0 saturated carbocycles. The molecule has 0 atom stereocenters. The van der Waals surface area contributed by atoms with Crippen molar-refractivity contribution in [1.82, 2.24) is 14.1 Å². The second-order valence-electron chi connectivity index (χ2n) is 13.8. The maximum Gasteiger partial charge on any atom is 0.187 e. The van der Waals surface area contributed by atoms with Gasteiger partial charge in [-0.05, 0) is 88.5 Å². The van der Waals surface area contributed by atoms with Gasteiger partial charge in [-0.2, -0.15) is 10.5 Å². The molecule has 56 heavy (non-hydrogen) atoms. The van der Waals surface area contributed by atoms with Crippen LogP contribution in [0.3, 0.4) is 0 Å². The van der Waals surface area contributed by atoms with E-state index < -0.39 is 0 Å². The van der Waals surface area contributed by atoms with Gasteiger partial charge < -0.3 is 9.13 Å². The molecule has 258 valence electrons. The molecule has 0 N–H and O–H groups in total. The lowest BCUT2D eigenvalue weighted by atomic mass is 9.98. The summed E-state index contributed by atoms with van der Waals surface area (Å²) in [7, 11) is 0. The van der Waals surface area contributed by atoms with Crippen molar-refractivity contribution in [1.29, 1.82) is 10.5 Å². The first-order valence-corrected chi connectivity index (χ1v) is 18.2. The average molecular weight is 713 g/mol. The molecule has 0 unspecified atom stereocenters. The fourth-order valence-electron chi connectivity index (χ4n) is 8.13. The van der Waals surface area contributed by atoms with Crippen LogP contribution in [-0.2, 0) is 0 Å². The first kappa shape index (κ1) is 32.4. The fourth-order valence-corrected chi connectivity index (χ4v) is 8.13. The van der Waals surface area contributed by atoms with Gasteiger partial charge in [0.25, 0.3) is 0 Å². The first-order chi connectivity index (χ1) is 27.6. The number of pyridine rings is 1. The largest absolute Gasteiger partial charge is 0.308 e. The second-order valence-corrected chi connectivity index (χ2v) is 13.8. The Hall–Kier alpha value is -8.24. The quantitative estimate of drug-likeness (QED) is 0.167. The molecule has 7 aromatic carbocycles. The molecule has 0 radical (unpaired) electrons. The number of benzene rings is 7. The first-order valence-electron chi connectivity index (χ1n) is 18.2. The maximum absolute atomic E-state index is 10.7. The minimum Gasteiger partial charge on any atom is -0.308 e. The highest BCUT2D eigenvalue weighted by molar-refractivity contribution is 6.13. The fraction of sp³-hybridized carbons (Fsp3) is 0. The van der Waals surface area contributed by atoms with Crippen molar-refractivity contribution in [2.24, 2.45) is 0 Å². The second kappa shape index (κ2) is 13.0. The van der Waals surface area contributed by atoms with Crippen LogP contribution in [-0.4, -0.2) is 14.1 Å². The monoisotopic (exact) mass is 712 g/mol. The van der Waals surface area contributed by atoms with Crippen LogP contribution in [0.1, 0.15) is 11.1 Å². The summed E-state index contributed by atoms with van der Waals surface area (Å²) >= 11 is 0. The molecule has 10 aromatic rings. The summed E-state index contributed by atoms with van der Waals surface area (Å²) in [6.45, 7) is 7.44. The Bertz CT molecular complexity index is 3120. The Labute approximate surface area is 322 Å². The predicted molar refractivity (Wildman–Crippen MR) is 225 cm³/mol. The molecule has 10 rings (SSSR count). The molecule has 0 aliphatic rings. The van der Waals surface area contributed by atoms with Gasteiger partial charge in [-0.25, -0.2) is 4.85 Å². The number of nitriles is 2. The van der Waals surface area contributed by atoms with Crippen LogP contribution in [0, 0.1) is 29.2 Å². The molecular formula is C50H28N6. The van der Waals surface area contributed by atoms with Crippen LogP contribution in [0.2, 0.25) is 0 Å². The number of nitrogens with zero attached hydrogens (tertiary/aromatic N) is 6. The van der Waals surface area contributed by atoms with E-state index in [1.54, 1.807) is 0 Å². The Morgan fingerprint density at radius 2 is 0.911 bits per heavy atom. The van der Waals surface area contributed by atoms with Crippen molar-refractivity contribution in [3.8, 4) is 56.9 Å². The molecule has 6 heteroatoms. The molecule has 6 nitrogen and oxygen atoms in total. The summed E-state index contributed by atoms with van der Waals surface area (Å²) < 4.78 is 4.58. The summed E-state index contributed by atoms with van der Waals surface area (Å²) in [6.07, 6.45) is 3.62. The molecule has 0 aliphatic carbocycles. The summed E-state index contributed by atoms with van der Waals surface area (Å²) in [5, 5.41) is 24.6. The average Bonchev–Trinajstić information content (AvgIpc) is 3.78. The van der Waals surface area contributed by atoms with E-state index in [1.807, 2.05) is 85.2 Å². The highest BCUT2D eigenvalue weighted by Gasteiger charge is 2.23. The van der Waals surface area contributed by atoms with Crippen molar-refractivity contribution in [2.75, 3.05) is 0 Å². The number of para-hydroxylation sites is 2. The minimum absolute atomic E-state index is 0.527. The Morgan fingerprint density at radius 1 is 0.446 bits per heavy atom. The molecular weight excluding hydrogens is 685 g/mol. The molecule has 0 spiro atoms. The Balaban J connectivity index is 1.33. The van der Waals surface area contributed by atoms with Crippen molar-refractivity contribution >= 4 is 49.3 Å². The maximum atomic E-state index is 10.7. The van der Waals surface area contributed by atoms with Crippen molar-refractivity contribution in [3.05, 3.63) is 193 Å². The van der Waals surface area contributed by atoms with E-state index in [9.17, 15) is 10.5 Å². The van der Waals surface area contributed by atoms with E-state index in [2.05, 4.69) is 116 Å². The third-order valence-electron chi connectivity index (χ3n) is 10.7. The third-order valence-corrected chi connectivity index (χ3v) is 10.7. The number of rotatable bonds is 5. The lowest BCUT2D eigenvalue weighted by Gasteiger charge is -2.21. The summed E-state index contributed by atoms with van der Waals surface area (Å²) in [4.78, 5) is 7.99. The highest BCUT2D eigenvalue weighted by atomic mass is 15.0. The molecule has 0 aliphatic heterocycles. The van der Waals surface area contributed by atoms with E-state index in [4.69, 9.17) is 6.57 Å². The van der Waals surface area contributed by atoms with Gasteiger partial charge in [-0.1, -0.05) is 97.1 Å². The normalized spacial score (nSPS) is 11.2. The standard InChI is InChI=1S/C50H28N6/c1-53-39-18-14-35(15-19-39)38-17-21-43-41-7-3-5-9-45(41)56(47(43)29-38)49-27-33(31-52)26-48(50(49)36-22-24-54-25-23-36)55-44-8-4-2-6-40(44)42-20-16-37(28-46(42)55)34-12-10-32(30-51)11-13-34/h2-29H. The van der Waals surface area contributed by atoms with E-state index in [0.717, 1.165) is 88.4 Å². The van der Waals surface area contributed by atoms with Gasteiger partial charge >= 0.3 is 0 Å². The molecule has 0 amide bonds. The number of aromatic nitrogens is 3. The van der Waals surface area contributed by atoms with Crippen LogP contribution in [0.15, 0.2) is 170 Å². The van der Waals surface area contributed by atoms with Gasteiger partial charge in [0.05, 0.1) is 63.3 Å². The third kappa shape index (κ3) is 5.12. The van der Waals surface area contributed by atoms with Crippen molar-refractivity contribution < 1.29 is 0 Å². The van der Waals surface area contributed by atoms with Crippen molar-refractivity contribution in [2.45, 2.75) is 0 Å². The van der Waals surface area contributed by atoms with Gasteiger partial charge in [-0.3, -0.25) is 4.98 Å². The number of hydrogen-bond donors (Lipinski definition) is 0. The van der Waals surface area contributed by atoms with Gasteiger partial charge in [-0.15, -0.1) is 0 Å². The van der Waals surface area contributed by atoms with E-state index in [0.29, 0.717) is 16.8 Å². The molecule has 0 bridgehead atoms. The van der Waals surface area contributed by atoms with Gasteiger partial charge in [0.1, 0.15) is 0 Å². The molecule has 0 fully saturated rings. The predicted octanol–water partition coefficient (Wildman–Crippen LogP) is 12.6.